The molecule has 2 rings (SSSR count). The van der Waals surface area contributed by atoms with E-state index >= 15 is 0 Å². The quantitative estimate of drug-likeness (QED) is 0.565. The third kappa shape index (κ3) is 5.25. The number of anilines is 2. The average Bonchev–Trinajstić information content (AvgIpc) is 2.52. The molecular formula is C16H12ClF6N3O. The summed E-state index contributed by atoms with van der Waals surface area (Å²) in [5, 5.41) is 1.97. The van der Waals surface area contributed by atoms with Gasteiger partial charge in [-0.1, -0.05) is 11.6 Å². The van der Waals surface area contributed by atoms with Gasteiger partial charge in [0.1, 0.15) is 11.0 Å². The second kappa shape index (κ2) is 7.26. The third-order valence-electron chi connectivity index (χ3n) is 3.35. The first-order chi connectivity index (χ1) is 12.3. The number of carbonyl (C=O) groups excluding carboxylic acids is 1. The number of halogens is 7. The van der Waals surface area contributed by atoms with E-state index < -0.39 is 35.1 Å². The number of carbonyl (C=O) groups is 1. The number of benzene rings is 1. The van der Waals surface area contributed by atoms with E-state index in [2.05, 4.69) is 4.98 Å². The number of aromatic nitrogens is 1. The predicted octanol–water partition coefficient (Wildman–Crippen LogP) is 5.09. The Morgan fingerprint density at radius 3 is 1.93 bits per heavy atom. The highest BCUT2D eigenvalue weighted by Crippen LogP contribution is 2.37. The molecule has 1 heterocycles. The van der Waals surface area contributed by atoms with Crippen molar-refractivity contribution >= 4 is 29.0 Å². The van der Waals surface area contributed by atoms with Crippen molar-refractivity contribution in [3.63, 3.8) is 0 Å². The standard InChI is InChI=1S/C16H12ClF6N3O/c1-26(2)13-4-8(3-12(17)25-13)14(27)24-11-6-9(15(18,19)20)5-10(7-11)16(21,22)23/h3-7H,1-2H3,(H,24,27). The van der Waals surface area contributed by atoms with Gasteiger partial charge in [0.2, 0.25) is 0 Å². The Morgan fingerprint density at radius 2 is 1.48 bits per heavy atom. The molecule has 0 radical (unpaired) electrons. The van der Waals surface area contributed by atoms with Crippen LogP contribution in [0.3, 0.4) is 0 Å². The van der Waals surface area contributed by atoms with Gasteiger partial charge >= 0.3 is 12.4 Å². The van der Waals surface area contributed by atoms with Crippen LogP contribution < -0.4 is 10.2 Å². The second-order valence-electron chi connectivity index (χ2n) is 5.68. The van der Waals surface area contributed by atoms with Crippen molar-refractivity contribution in [2.24, 2.45) is 0 Å². The molecule has 0 aliphatic heterocycles. The highest BCUT2D eigenvalue weighted by atomic mass is 35.5. The normalized spacial score (nSPS) is 12.0. The molecule has 0 atom stereocenters. The SMILES string of the molecule is CN(C)c1cc(C(=O)Nc2cc(C(F)(F)F)cc(C(F)(F)F)c2)cc(Cl)n1. The number of amides is 1. The molecule has 1 aromatic carbocycles. The molecule has 0 bridgehead atoms. The van der Waals surface area contributed by atoms with Gasteiger partial charge in [-0.2, -0.15) is 26.3 Å². The van der Waals surface area contributed by atoms with Crippen molar-refractivity contribution in [1.29, 1.82) is 0 Å². The minimum atomic E-state index is -5.02. The van der Waals surface area contributed by atoms with E-state index in [1.54, 1.807) is 14.1 Å². The maximum absolute atomic E-state index is 12.9. The van der Waals surface area contributed by atoms with Crippen molar-refractivity contribution in [3.05, 3.63) is 52.2 Å². The van der Waals surface area contributed by atoms with Gasteiger partial charge in [-0.25, -0.2) is 4.98 Å². The van der Waals surface area contributed by atoms with Crippen LogP contribution in [0.2, 0.25) is 5.15 Å². The first-order valence-electron chi connectivity index (χ1n) is 7.23. The molecule has 0 aliphatic carbocycles. The number of nitrogens with zero attached hydrogens (tertiary/aromatic N) is 2. The topological polar surface area (TPSA) is 45.2 Å². The van der Waals surface area contributed by atoms with E-state index in [4.69, 9.17) is 11.6 Å². The van der Waals surface area contributed by atoms with Gasteiger partial charge < -0.3 is 10.2 Å². The molecule has 146 valence electrons. The zero-order valence-electron chi connectivity index (χ0n) is 13.8. The van der Waals surface area contributed by atoms with Crippen LogP contribution in [0, 0.1) is 0 Å². The first kappa shape index (κ1) is 20.8. The van der Waals surface area contributed by atoms with Crippen LogP contribution in [0.5, 0.6) is 0 Å². The lowest BCUT2D eigenvalue weighted by molar-refractivity contribution is -0.143. The molecule has 0 saturated carbocycles. The molecule has 4 nitrogen and oxygen atoms in total. The van der Waals surface area contributed by atoms with Gasteiger partial charge in [0.15, 0.2) is 0 Å². The summed E-state index contributed by atoms with van der Waals surface area (Å²) in [5.74, 6) is -0.650. The second-order valence-corrected chi connectivity index (χ2v) is 6.07. The number of pyridine rings is 1. The first-order valence-corrected chi connectivity index (χ1v) is 7.61. The Morgan fingerprint density at radius 1 is 0.963 bits per heavy atom. The largest absolute Gasteiger partial charge is 0.416 e. The van der Waals surface area contributed by atoms with Crippen LogP contribution in [-0.2, 0) is 12.4 Å². The van der Waals surface area contributed by atoms with Crippen LogP contribution in [-0.4, -0.2) is 25.0 Å². The van der Waals surface area contributed by atoms with E-state index in [1.165, 1.54) is 11.0 Å². The highest BCUT2D eigenvalue weighted by molar-refractivity contribution is 6.30. The van der Waals surface area contributed by atoms with Crippen LogP contribution in [0.1, 0.15) is 21.5 Å². The van der Waals surface area contributed by atoms with Crippen molar-refractivity contribution in [3.8, 4) is 0 Å². The average molecular weight is 412 g/mol. The summed E-state index contributed by atoms with van der Waals surface area (Å²) in [6.45, 7) is 0. The molecule has 2 aromatic rings. The molecule has 27 heavy (non-hydrogen) atoms. The number of hydrogen-bond acceptors (Lipinski definition) is 3. The van der Waals surface area contributed by atoms with E-state index in [1.807, 2.05) is 5.32 Å². The zero-order valence-corrected chi connectivity index (χ0v) is 14.6. The van der Waals surface area contributed by atoms with Gasteiger partial charge in [-0.15, -0.1) is 0 Å². The highest BCUT2D eigenvalue weighted by Gasteiger charge is 2.37. The molecular weight excluding hydrogens is 400 g/mol. The minimum absolute atomic E-state index is 0.0247. The van der Waals surface area contributed by atoms with Crippen LogP contribution >= 0.6 is 11.6 Å². The smallest absolute Gasteiger partial charge is 0.363 e. The van der Waals surface area contributed by atoms with Crippen LogP contribution in [0.4, 0.5) is 37.8 Å². The predicted molar refractivity (Wildman–Crippen MR) is 88.0 cm³/mol. The van der Waals surface area contributed by atoms with Gasteiger partial charge in [0, 0.05) is 25.3 Å². The van der Waals surface area contributed by atoms with Gasteiger partial charge in [-0.3, -0.25) is 4.79 Å². The van der Waals surface area contributed by atoms with Gasteiger partial charge in [-0.05, 0) is 30.3 Å². The molecule has 1 N–H and O–H groups in total. The summed E-state index contributed by atoms with van der Waals surface area (Å²) >= 11 is 5.80. The Bertz CT molecular complexity index is 832. The summed E-state index contributed by atoms with van der Waals surface area (Å²) in [5.41, 5.74) is -3.80. The molecule has 0 spiro atoms. The zero-order chi connectivity index (χ0) is 20.6. The maximum atomic E-state index is 12.9. The Kier molecular flexibility index (Phi) is 5.60. The Hall–Kier alpha value is -2.49. The van der Waals surface area contributed by atoms with Crippen molar-refractivity contribution < 1.29 is 31.1 Å². The minimum Gasteiger partial charge on any atom is -0.363 e. The Balaban J connectivity index is 2.43. The third-order valence-corrected chi connectivity index (χ3v) is 3.54. The van der Waals surface area contributed by atoms with Gasteiger partial charge in [0.25, 0.3) is 5.91 Å². The fourth-order valence-corrected chi connectivity index (χ4v) is 2.28. The molecule has 0 fully saturated rings. The fraction of sp³-hybridized carbons (Fsp3) is 0.250. The lowest BCUT2D eigenvalue weighted by Gasteiger charge is -2.16. The van der Waals surface area contributed by atoms with E-state index in [-0.39, 0.29) is 22.6 Å². The van der Waals surface area contributed by atoms with Gasteiger partial charge in [0.05, 0.1) is 11.1 Å². The van der Waals surface area contributed by atoms with Crippen LogP contribution in [0.25, 0.3) is 0 Å². The molecule has 0 unspecified atom stereocenters. The lowest BCUT2D eigenvalue weighted by Crippen LogP contribution is -2.17. The lowest BCUT2D eigenvalue weighted by atomic mass is 10.1. The molecule has 0 aliphatic rings. The fourth-order valence-electron chi connectivity index (χ4n) is 2.07. The molecule has 11 heteroatoms. The Labute approximate surface area is 154 Å². The number of hydrogen-bond donors (Lipinski definition) is 1. The van der Waals surface area contributed by atoms with Crippen molar-refractivity contribution in [2.75, 3.05) is 24.3 Å². The number of alkyl halides is 6. The monoisotopic (exact) mass is 411 g/mol. The summed E-state index contributed by atoms with van der Waals surface area (Å²) in [7, 11) is 3.23. The summed E-state index contributed by atoms with van der Waals surface area (Å²) in [4.78, 5) is 17.7. The van der Waals surface area contributed by atoms with E-state index in [9.17, 15) is 31.1 Å². The van der Waals surface area contributed by atoms with Crippen molar-refractivity contribution in [1.82, 2.24) is 4.98 Å². The molecule has 1 amide bonds. The number of nitrogens with one attached hydrogen (secondary N) is 1. The number of rotatable bonds is 3. The molecule has 0 saturated heterocycles. The van der Waals surface area contributed by atoms with E-state index in [0.29, 0.717) is 12.1 Å². The summed E-state index contributed by atoms with van der Waals surface area (Å²) in [6.07, 6.45) is -10.0. The molecule has 1 aromatic heterocycles. The summed E-state index contributed by atoms with van der Waals surface area (Å²) in [6, 6.07) is 3.25. The van der Waals surface area contributed by atoms with Crippen LogP contribution in [0.15, 0.2) is 30.3 Å². The maximum Gasteiger partial charge on any atom is 0.416 e. The summed E-state index contributed by atoms with van der Waals surface area (Å²) < 4.78 is 77.3. The van der Waals surface area contributed by atoms with E-state index in [0.717, 1.165) is 6.07 Å². The van der Waals surface area contributed by atoms with Crippen molar-refractivity contribution in [2.45, 2.75) is 12.4 Å².